The summed E-state index contributed by atoms with van der Waals surface area (Å²) in [6.07, 6.45) is 1.81. The number of ether oxygens (including phenoxy) is 4. The second kappa shape index (κ2) is 10.4. The number of nitrogens with zero attached hydrogens (tertiary/aromatic N) is 1. The van der Waals surface area contributed by atoms with Crippen LogP contribution in [-0.4, -0.2) is 49.1 Å². The standard InChI is InChI=1S/C22H23NO5S2/c1-4-26-19-13-15(14-20-21(24)23(2)22(29)30-20)9-10-18(19)28-12-11-27-17-8-6-5-7-16(17)25-3/h5-10,13-14H,4,11-12H2,1-3H3. The van der Waals surface area contributed by atoms with Gasteiger partial charge in [0.25, 0.3) is 5.91 Å². The lowest BCUT2D eigenvalue weighted by molar-refractivity contribution is -0.121. The molecule has 3 rings (SSSR count). The molecule has 30 heavy (non-hydrogen) atoms. The summed E-state index contributed by atoms with van der Waals surface area (Å²) >= 11 is 6.46. The highest BCUT2D eigenvalue weighted by atomic mass is 32.2. The van der Waals surface area contributed by atoms with E-state index < -0.39 is 0 Å². The van der Waals surface area contributed by atoms with Gasteiger partial charge in [0.2, 0.25) is 0 Å². The van der Waals surface area contributed by atoms with Crippen LogP contribution in [0.3, 0.4) is 0 Å². The predicted octanol–water partition coefficient (Wildman–Crippen LogP) is 4.38. The van der Waals surface area contributed by atoms with Gasteiger partial charge < -0.3 is 18.9 Å². The Bertz CT molecular complexity index is 960. The van der Waals surface area contributed by atoms with Crippen LogP contribution in [0.1, 0.15) is 12.5 Å². The molecule has 0 aromatic heterocycles. The minimum atomic E-state index is -0.100. The van der Waals surface area contributed by atoms with E-state index in [4.69, 9.17) is 31.2 Å². The molecule has 1 amide bonds. The summed E-state index contributed by atoms with van der Waals surface area (Å²) in [5.41, 5.74) is 0.838. The Morgan fingerprint density at radius 2 is 1.67 bits per heavy atom. The fraction of sp³-hybridized carbons (Fsp3) is 0.273. The van der Waals surface area contributed by atoms with Gasteiger partial charge in [-0.25, -0.2) is 0 Å². The third-order valence-corrected chi connectivity index (χ3v) is 5.70. The van der Waals surface area contributed by atoms with Crippen LogP contribution >= 0.6 is 24.0 Å². The highest BCUT2D eigenvalue weighted by Crippen LogP contribution is 2.34. The number of benzene rings is 2. The van der Waals surface area contributed by atoms with Gasteiger partial charge in [-0.3, -0.25) is 9.69 Å². The molecule has 1 aliphatic rings. The zero-order chi connectivity index (χ0) is 21.5. The number of thiocarbonyl (C=S) groups is 1. The lowest BCUT2D eigenvalue weighted by atomic mass is 10.2. The molecule has 0 atom stereocenters. The van der Waals surface area contributed by atoms with Gasteiger partial charge in [0.1, 0.15) is 17.5 Å². The second-order valence-electron chi connectivity index (χ2n) is 6.23. The van der Waals surface area contributed by atoms with Crippen LogP contribution in [0.5, 0.6) is 23.0 Å². The van der Waals surface area contributed by atoms with Gasteiger partial charge >= 0.3 is 0 Å². The third kappa shape index (κ3) is 5.25. The Labute approximate surface area is 185 Å². The monoisotopic (exact) mass is 445 g/mol. The minimum absolute atomic E-state index is 0.100. The SMILES string of the molecule is CCOc1cc(C=C2SC(=S)N(C)C2=O)ccc1OCCOc1ccccc1OC. The maximum Gasteiger partial charge on any atom is 0.265 e. The number of hydrogen-bond acceptors (Lipinski definition) is 7. The molecule has 0 N–H and O–H groups in total. The molecule has 0 bridgehead atoms. The molecule has 0 saturated carbocycles. The van der Waals surface area contributed by atoms with E-state index in [0.29, 0.717) is 52.0 Å². The van der Waals surface area contributed by atoms with Crippen molar-refractivity contribution in [2.45, 2.75) is 6.92 Å². The predicted molar refractivity (Wildman–Crippen MR) is 123 cm³/mol. The molecule has 1 fully saturated rings. The van der Waals surface area contributed by atoms with Gasteiger partial charge in [-0.05, 0) is 42.8 Å². The van der Waals surface area contributed by atoms with Crippen molar-refractivity contribution >= 4 is 40.3 Å². The molecule has 2 aromatic carbocycles. The van der Waals surface area contributed by atoms with Crippen LogP contribution in [0.25, 0.3) is 6.08 Å². The molecule has 0 radical (unpaired) electrons. The molecule has 0 unspecified atom stereocenters. The number of rotatable bonds is 9. The molecular formula is C22H23NO5S2. The van der Waals surface area contributed by atoms with Crippen molar-refractivity contribution in [1.82, 2.24) is 4.90 Å². The normalized spacial score (nSPS) is 14.9. The van der Waals surface area contributed by atoms with Crippen molar-refractivity contribution in [1.29, 1.82) is 0 Å². The van der Waals surface area contributed by atoms with E-state index in [-0.39, 0.29) is 5.91 Å². The average Bonchev–Trinajstić information content (AvgIpc) is 2.99. The number of methoxy groups -OCH3 is 1. The van der Waals surface area contributed by atoms with Crippen LogP contribution in [0.2, 0.25) is 0 Å². The van der Waals surface area contributed by atoms with Gasteiger partial charge in [0.05, 0.1) is 18.6 Å². The third-order valence-electron chi connectivity index (χ3n) is 4.22. The summed E-state index contributed by atoms with van der Waals surface area (Å²) in [5.74, 6) is 2.46. The quantitative estimate of drug-likeness (QED) is 0.322. The Hall–Kier alpha value is -2.71. The molecule has 158 valence electrons. The van der Waals surface area contributed by atoms with Crippen molar-refractivity contribution in [3.05, 3.63) is 52.9 Å². The van der Waals surface area contributed by atoms with Crippen LogP contribution in [0.15, 0.2) is 47.4 Å². The Kier molecular flexibility index (Phi) is 7.59. The smallest absolute Gasteiger partial charge is 0.265 e. The summed E-state index contributed by atoms with van der Waals surface area (Å²) in [5, 5.41) is 0. The molecule has 8 heteroatoms. The van der Waals surface area contributed by atoms with Crippen LogP contribution in [0.4, 0.5) is 0 Å². The van der Waals surface area contributed by atoms with E-state index in [1.807, 2.05) is 49.4 Å². The lowest BCUT2D eigenvalue weighted by Crippen LogP contribution is -2.22. The first-order valence-electron chi connectivity index (χ1n) is 9.40. The van der Waals surface area contributed by atoms with Crippen LogP contribution < -0.4 is 18.9 Å². The van der Waals surface area contributed by atoms with E-state index in [9.17, 15) is 4.79 Å². The topological polar surface area (TPSA) is 57.2 Å². The molecular weight excluding hydrogens is 422 g/mol. The van der Waals surface area contributed by atoms with Crippen molar-refractivity contribution in [2.24, 2.45) is 0 Å². The van der Waals surface area contributed by atoms with Gasteiger partial charge in [0, 0.05) is 7.05 Å². The minimum Gasteiger partial charge on any atom is -0.493 e. The number of thioether (sulfide) groups is 1. The number of carbonyl (C=O) groups excluding carboxylic acids is 1. The highest BCUT2D eigenvalue weighted by molar-refractivity contribution is 8.26. The summed E-state index contributed by atoms with van der Waals surface area (Å²) in [4.78, 5) is 14.3. The zero-order valence-corrected chi connectivity index (χ0v) is 18.7. The lowest BCUT2D eigenvalue weighted by Gasteiger charge is -2.14. The summed E-state index contributed by atoms with van der Waals surface area (Å²) < 4.78 is 23.1. The van der Waals surface area contributed by atoms with E-state index in [0.717, 1.165) is 5.56 Å². The van der Waals surface area contributed by atoms with Crippen LogP contribution in [-0.2, 0) is 4.79 Å². The number of amides is 1. The van der Waals surface area contributed by atoms with Gasteiger partial charge in [-0.1, -0.05) is 42.2 Å². The second-order valence-corrected chi connectivity index (χ2v) is 7.90. The zero-order valence-electron chi connectivity index (χ0n) is 17.0. The average molecular weight is 446 g/mol. The van der Waals surface area contributed by atoms with E-state index in [2.05, 4.69) is 0 Å². The summed E-state index contributed by atoms with van der Waals surface area (Å²) in [6, 6.07) is 13.0. The Balaban J connectivity index is 1.65. The number of para-hydroxylation sites is 2. The first kappa shape index (κ1) is 22.0. The number of likely N-dealkylation sites (N-methyl/N-ethyl adjacent to an activating group) is 1. The van der Waals surface area contributed by atoms with Crippen molar-refractivity contribution in [3.63, 3.8) is 0 Å². The number of hydrogen-bond donors (Lipinski definition) is 0. The van der Waals surface area contributed by atoms with E-state index in [1.165, 1.54) is 16.7 Å². The highest BCUT2D eigenvalue weighted by Gasteiger charge is 2.28. The maximum absolute atomic E-state index is 12.2. The van der Waals surface area contributed by atoms with Crippen molar-refractivity contribution in [3.8, 4) is 23.0 Å². The Morgan fingerprint density at radius 1 is 1.00 bits per heavy atom. The summed E-state index contributed by atoms with van der Waals surface area (Å²) in [7, 11) is 3.28. The van der Waals surface area contributed by atoms with E-state index in [1.54, 1.807) is 20.2 Å². The molecule has 2 aromatic rings. The fourth-order valence-corrected chi connectivity index (χ4v) is 3.92. The van der Waals surface area contributed by atoms with Gasteiger partial charge in [-0.2, -0.15) is 0 Å². The first-order chi connectivity index (χ1) is 14.5. The van der Waals surface area contributed by atoms with Gasteiger partial charge in [-0.15, -0.1) is 0 Å². The van der Waals surface area contributed by atoms with E-state index >= 15 is 0 Å². The molecule has 1 saturated heterocycles. The molecule has 0 spiro atoms. The Morgan fingerprint density at radius 3 is 2.27 bits per heavy atom. The molecule has 0 aliphatic carbocycles. The molecule has 1 heterocycles. The van der Waals surface area contributed by atoms with Crippen molar-refractivity contribution in [2.75, 3.05) is 34.0 Å². The number of carbonyl (C=O) groups is 1. The summed E-state index contributed by atoms with van der Waals surface area (Å²) in [6.45, 7) is 3.09. The van der Waals surface area contributed by atoms with Crippen LogP contribution in [0, 0.1) is 0 Å². The van der Waals surface area contributed by atoms with Gasteiger partial charge in [0.15, 0.2) is 23.0 Å². The fourth-order valence-electron chi connectivity index (χ4n) is 2.74. The largest absolute Gasteiger partial charge is 0.493 e. The van der Waals surface area contributed by atoms with Crippen molar-refractivity contribution < 1.29 is 23.7 Å². The maximum atomic E-state index is 12.2. The molecule has 6 nitrogen and oxygen atoms in total. The molecule has 1 aliphatic heterocycles. The first-order valence-corrected chi connectivity index (χ1v) is 10.6.